The van der Waals surface area contributed by atoms with Gasteiger partial charge in [-0.25, -0.2) is 28.1 Å². The SMILES string of the molecule is O=C(Nc1cnc(F)cc1N1CCC(F)(F)CC1)c1ccnc(Nc2ccc(F)cc2)n1. The van der Waals surface area contributed by atoms with Gasteiger partial charge in [0.25, 0.3) is 11.8 Å². The molecule has 1 aromatic carbocycles. The van der Waals surface area contributed by atoms with Crippen LogP contribution in [0.2, 0.25) is 0 Å². The average molecular weight is 446 g/mol. The van der Waals surface area contributed by atoms with Crippen LogP contribution in [0.25, 0.3) is 0 Å². The minimum Gasteiger partial charge on any atom is -0.369 e. The van der Waals surface area contributed by atoms with Crippen LogP contribution in [0.15, 0.2) is 48.8 Å². The third-order valence-corrected chi connectivity index (χ3v) is 4.92. The minimum atomic E-state index is -2.76. The van der Waals surface area contributed by atoms with Crippen molar-refractivity contribution in [3.8, 4) is 0 Å². The summed E-state index contributed by atoms with van der Waals surface area (Å²) in [6.07, 6.45) is 1.77. The summed E-state index contributed by atoms with van der Waals surface area (Å²) in [5, 5.41) is 5.46. The van der Waals surface area contributed by atoms with Gasteiger partial charge in [0, 0.05) is 43.9 Å². The number of alkyl halides is 2. The van der Waals surface area contributed by atoms with Crippen molar-refractivity contribution in [2.75, 3.05) is 28.6 Å². The topological polar surface area (TPSA) is 83.0 Å². The van der Waals surface area contributed by atoms with E-state index in [9.17, 15) is 22.4 Å². The lowest BCUT2D eigenvalue weighted by molar-refractivity contribution is -0.0220. The summed E-state index contributed by atoms with van der Waals surface area (Å²) < 4.78 is 53.8. The molecule has 0 radical (unpaired) electrons. The maximum Gasteiger partial charge on any atom is 0.274 e. The first-order valence-corrected chi connectivity index (χ1v) is 9.74. The number of piperidine rings is 1. The Labute approximate surface area is 180 Å². The molecule has 3 heterocycles. The maximum atomic E-state index is 13.7. The second-order valence-corrected chi connectivity index (χ2v) is 7.22. The second kappa shape index (κ2) is 8.77. The van der Waals surface area contributed by atoms with E-state index in [1.807, 2.05) is 0 Å². The number of nitrogens with zero attached hydrogens (tertiary/aromatic N) is 4. The van der Waals surface area contributed by atoms with E-state index in [4.69, 9.17) is 0 Å². The third kappa shape index (κ3) is 5.10. The molecule has 1 amide bonds. The number of amides is 1. The summed E-state index contributed by atoms with van der Waals surface area (Å²) in [6, 6.07) is 7.98. The molecular weight excluding hydrogens is 428 g/mol. The van der Waals surface area contributed by atoms with Crippen LogP contribution in [0.4, 0.5) is 40.6 Å². The molecule has 32 heavy (non-hydrogen) atoms. The molecule has 3 aromatic rings. The van der Waals surface area contributed by atoms with Gasteiger partial charge in [-0.05, 0) is 30.3 Å². The molecule has 0 bridgehead atoms. The molecule has 2 aromatic heterocycles. The van der Waals surface area contributed by atoms with Crippen molar-refractivity contribution in [2.24, 2.45) is 0 Å². The summed E-state index contributed by atoms with van der Waals surface area (Å²) in [5.41, 5.74) is 0.967. The van der Waals surface area contributed by atoms with Crippen LogP contribution in [-0.2, 0) is 0 Å². The predicted molar refractivity (Wildman–Crippen MR) is 110 cm³/mol. The molecule has 11 heteroatoms. The lowest BCUT2D eigenvalue weighted by Gasteiger charge is -2.34. The molecule has 0 unspecified atom stereocenters. The first-order valence-electron chi connectivity index (χ1n) is 9.74. The summed E-state index contributed by atoms with van der Waals surface area (Å²) in [4.78, 5) is 26.0. The molecular formula is C21H18F4N6O. The van der Waals surface area contributed by atoms with Gasteiger partial charge < -0.3 is 15.5 Å². The zero-order valence-corrected chi connectivity index (χ0v) is 16.7. The number of hydrogen-bond acceptors (Lipinski definition) is 6. The number of halogens is 4. The number of carbonyl (C=O) groups excluding carboxylic acids is 1. The molecule has 2 N–H and O–H groups in total. The normalized spacial score (nSPS) is 15.3. The zero-order valence-electron chi connectivity index (χ0n) is 16.7. The van der Waals surface area contributed by atoms with Gasteiger partial charge in [-0.3, -0.25) is 4.79 Å². The van der Waals surface area contributed by atoms with Crippen LogP contribution < -0.4 is 15.5 Å². The summed E-state index contributed by atoms with van der Waals surface area (Å²) in [7, 11) is 0. The van der Waals surface area contributed by atoms with E-state index >= 15 is 0 Å². The Hall–Kier alpha value is -3.76. The van der Waals surface area contributed by atoms with Crippen molar-refractivity contribution < 1.29 is 22.4 Å². The maximum absolute atomic E-state index is 13.7. The number of hydrogen-bond donors (Lipinski definition) is 2. The molecule has 1 aliphatic heterocycles. The molecule has 166 valence electrons. The first-order chi connectivity index (χ1) is 15.3. The van der Waals surface area contributed by atoms with Gasteiger partial charge in [-0.1, -0.05) is 0 Å². The molecule has 1 saturated heterocycles. The molecule has 0 saturated carbocycles. The highest BCUT2D eigenvalue weighted by Gasteiger charge is 2.35. The van der Waals surface area contributed by atoms with Gasteiger partial charge in [0.15, 0.2) is 0 Å². The Balaban J connectivity index is 1.51. The van der Waals surface area contributed by atoms with Gasteiger partial charge in [0.2, 0.25) is 11.9 Å². The van der Waals surface area contributed by atoms with Crippen LogP contribution in [0.1, 0.15) is 23.3 Å². The number of pyridine rings is 1. The zero-order chi connectivity index (χ0) is 22.7. The molecule has 1 aliphatic rings. The van der Waals surface area contributed by atoms with E-state index in [1.165, 1.54) is 36.5 Å². The summed E-state index contributed by atoms with van der Waals surface area (Å²) >= 11 is 0. The van der Waals surface area contributed by atoms with Crippen LogP contribution >= 0.6 is 0 Å². The van der Waals surface area contributed by atoms with Crippen molar-refractivity contribution in [1.82, 2.24) is 15.0 Å². The van der Waals surface area contributed by atoms with Crippen molar-refractivity contribution in [1.29, 1.82) is 0 Å². The Bertz CT molecular complexity index is 1120. The molecule has 0 atom stereocenters. The molecule has 4 rings (SSSR count). The number of nitrogens with one attached hydrogen (secondary N) is 2. The van der Waals surface area contributed by atoms with Crippen LogP contribution in [-0.4, -0.2) is 39.9 Å². The van der Waals surface area contributed by atoms with Crippen LogP contribution in [0.3, 0.4) is 0 Å². The van der Waals surface area contributed by atoms with Crippen LogP contribution in [0, 0.1) is 11.8 Å². The molecule has 0 aliphatic carbocycles. The summed E-state index contributed by atoms with van der Waals surface area (Å²) in [5.74, 6) is -4.46. The van der Waals surface area contributed by atoms with Crippen molar-refractivity contribution in [3.05, 3.63) is 66.3 Å². The Morgan fingerprint density at radius 3 is 2.47 bits per heavy atom. The Kier molecular flexibility index (Phi) is 5.89. The third-order valence-electron chi connectivity index (χ3n) is 4.92. The Morgan fingerprint density at radius 1 is 1.03 bits per heavy atom. The van der Waals surface area contributed by atoms with E-state index in [1.54, 1.807) is 4.90 Å². The highest BCUT2D eigenvalue weighted by atomic mass is 19.3. The largest absolute Gasteiger partial charge is 0.369 e. The van der Waals surface area contributed by atoms with E-state index in [-0.39, 0.29) is 48.9 Å². The number of benzene rings is 1. The first kappa shape index (κ1) is 21.5. The van der Waals surface area contributed by atoms with Gasteiger partial charge in [0.05, 0.1) is 17.6 Å². The van der Waals surface area contributed by atoms with E-state index in [0.29, 0.717) is 5.69 Å². The van der Waals surface area contributed by atoms with Crippen LogP contribution in [0.5, 0.6) is 0 Å². The van der Waals surface area contributed by atoms with Gasteiger partial charge in [0.1, 0.15) is 11.5 Å². The minimum absolute atomic E-state index is 0.00469. The van der Waals surface area contributed by atoms with Crippen molar-refractivity contribution in [2.45, 2.75) is 18.8 Å². The standard InChI is InChI=1S/C21H18F4N6O/c22-13-1-3-14(4-2-13)28-20-26-8-5-15(30-20)19(32)29-16-12-27-18(23)11-17(16)31-9-6-21(24,25)7-10-31/h1-5,8,11-12H,6-7,9-10H2,(H,29,32)(H,26,28,30). The van der Waals surface area contributed by atoms with E-state index in [2.05, 4.69) is 25.6 Å². The number of aromatic nitrogens is 3. The highest BCUT2D eigenvalue weighted by molar-refractivity contribution is 6.04. The monoisotopic (exact) mass is 446 g/mol. The van der Waals surface area contributed by atoms with Gasteiger partial charge in [-0.2, -0.15) is 4.39 Å². The van der Waals surface area contributed by atoms with E-state index in [0.717, 1.165) is 12.3 Å². The van der Waals surface area contributed by atoms with Gasteiger partial charge >= 0.3 is 0 Å². The van der Waals surface area contributed by atoms with Crippen molar-refractivity contribution >= 4 is 28.9 Å². The average Bonchev–Trinajstić information content (AvgIpc) is 2.77. The molecule has 0 spiro atoms. The fourth-order valence-electron chi connectivity index (χ4n) is 3.25. The smallest absolute Gasteiger partial charge is 0.274 e. The fraction of sp³-hybridized carbons (Fsp3) is 0.238. The fourth-order valence-corrected chi connectivity index (χ4v) is 3.25. The second-order valence-electron chi connectivity index (χ2n) is 7.22. The van der Waals surface area contributed by atoms with Crippen molar-refractivity contribution in [3.63, 3.8) is 0 Å². The van der Waals surface area contributed by atoms with E-state index < -0.39 is 23.6 Å². The predicted octanol–water partition coefficient (Wildman–Crippen LogP) is 4.38. The van der Waals surface area contributed by atoms with Gasteiger partial charge in [-0.15, -0.1) is 0 Å². The molecule has 1 fully saturated rings. The quantitative estimate of drug-likeness (QED) is 0.447. The Morgan fingerprint density at radius 2 is 1.75 bits per heavy atom. The lowest BCUT2D eigenvalue weighted by atomic mass is 10.1. The number of rotatable bonds is 5. The summed E-state index contributed by atoms with van der Waals surface area (Å²) in [6.45, 7) is 0.0249. The number of carbonyl (C=O) groups is 1. The number of anilines is 4. The highest BCUT2D eigenvalue weighted by Crippen LogP contribution is 2.34. The lowest BCUT2D eigenvalue weighted by Crippen LogP contribution is -2.39. The molecule has 7 nitrogen and oxygen atoms in total.